The molecule has 5 heteroatoms. The normalized spacial score (nSPS) is 20.6. The number of hydrogen-bond donors (Lipinski definition) is 0. The molecule has 4 rings (SSSR count). The number of fused-ring (bicyclic) bond motifs is 2. The highest BCUT2D eigenvalue weighted by molar-refractivity contribution is 6.05. The molecule has 0 bridgehead atoms. The number of hydrogen-bond acceptors (Lipinski definition) is 5. The van der Waals surface area contributed by atoms with Crippen LogP contribution in [0.4, 0.5) is 0 Å². The second kappa shape index (κ2) is 7.14. The number of methoxy groups -OCH3 is 1. The first-order chi connectivity index (χ1) is 13.1. The molecule has 0 aromatic heterocycles. The molecule has 0 saturated carbocycles. The van der Waals surface area contributed by atoms with Crippen LogP contribution in [0.2, 0.25) is 0 Å². The molecule has 2 aliphatic rings. The van der Waals surface area contributed by atoms with Gasteiger partial charge in [0.1, 0.15) is 30.8 Å². The lowest BCUT2D eigenvalue weighted by atomic mass is 9.83. The summed E-state index contributed by atoms with van der Waals surface area (Å²) >= 11 is 0. The van der Waals surface area contributed by atoms with Gasteiger partial charge in [-0.3, -0.25) is 4.79 Å². The van der Waals surface area contributed by atoms with Crippen molar-refractivity contribution in [1.29, 1.82) is 0 Å². The fourth-order valence-electron chi connectivity index (χ4n) is 3.88. The van der Waals surface area contributed by atoms with Crippen LogP contribution in [0.5, 0.6) is 23.0 Å². The van der Waals surface area contributed by atoms with Crippen molar-refractivity contribution in [3.05, 3.63) is 47.0 Å². The van der Waals surface area contributed by atoms with Crippen LogP contribution in [0.15, 0.2) is 30.3 Å². The largest absolute Gasteiger partial charge is 0.496 e. The van der Waals surface area contributed by atoms with Gasteiger partial charge < -0.3 is 18.9 Å². The summed E-state index contributed by atoms with van der Waals surface area (Å²) in [7, 11) is 1.65. The van der Waals surface area contributed by atoms with Crippen LogP contribution in [0.25, 0.3) is 0 Å². The third-order valence-electron chi connectivity index (χ3n) is 5.16. The van der Waals surface area contributed by atoms with E-state index in [2.05, 4.69) is 6.92 Å². The number of Topliss-reactive ketones (excluding diaryl/α,β-unsaturated/α-hetero) is 1. The molecular weight excluding hydrogens is 344 g/mol. The number of rotatable bonds is 4. The summed E-state index contributed by atoms with van der Waals surface area (Å²) in [4.78, 5) is 13.4. The van der Waals surface area contributed by atoms with Gasteiger partial charge >= 0.3 is 0 Å². The number of ether oxygens (including phenoxy) is 4. The van der Waals surface area contributed by atoms with E-state index in [1.807, 2.05) is 37.3 Å². The van der Waals surface area contributed by atoms with Crippen LogP contribution in [0, 0.1) is 0 Å². The monoisotopic (exact) mass is 368 g/mol. The Hall–Kier alpha value is -2.69. The maximum atomic E-state index is 13.4. The van der Waals surface area contributed by atoms with E-state index >= 15 is 0 Å². The summed E-state index contributed by atoms with van der Waals surface area (Å²) in [6.07, 6.45) is 1.55. The van der Waals surface area contributed by atoms with Crippen molar-refractivity contribution < 1.29 is 23.7 Å². The number of benzene rings is 2. The van der Waals surface area contributed by atoms with Crippen LogP contribution < -0.4 is 18.9 Å². The Labute approximate surface area is 159 Å². The first-order valence-corrected chi connectivity index (χ1v) is 9.43. The van der Waals surface area contributed by atoms with Crippen LogP contribution in [0.3, 0.4) is 0 Å². The quantitative estimate of drug-likeness (QED) is 0.811. The predicted octanol–water partition coefficient (Wildman–Crippen LogP) is 4.17. The summed E-state index contributed by atoms with van der Waals surface area (Å²) < 4.78 is 22.9. The minimum atomic E-state index is -0.379. The Morgan fingerprint density at radius 3 is 2.59 bits per heavy atom. The van der Waals surface area contributed by atoms with E-state index in [1.165, 1.54) is 0 Å². The van der Waals surface area contributed by atoms with Gasteiger partial charge in [-0.05, 0) is 42.7 Å². The van der Waals surface area contributed by atoms with E-state index in [4.69, 9.17) is 18.9 Å². The topological polar surface area (TPSA) is 54.0 Å². The minimum absolute atomic E-state index is 0.0698. The second-order valence-electron chi connectivity index (χ2n) is 6.98. The molecule has 142 valence electrons. The Bertz CT molecular complexity index is 873. The highest BCUT2D eigenvalue weighted by Crippen LogP contribution is 2.42. The van der Waals surface area contributed by atoms with E-state index < -0.39 is 0 Å². The number of carbonyl (C=O) groups is 1. The first-order valence-electron chi connectivity index (χ1n) is 9.43. The molecule has 0 fully saturated rings. The maximum Gasteiger partial charge on any atom is 0.177 e. The van der Waals surface area contributed by atoms with Gasteiger partial charge in [0.05, 0.1) is 18.6 Å². The Morgan fingerprint density at radius 2 is 1.85 bits per heavy atom. The summed E-state index contributed by atoms with van der Waals surface area (Å²) in [6.45, 7) is 5.10. The molecule has 2 atom stereocenters. The Balaban J connectivity index is 1.73. The van der Waals surface area contributed by atoms with E-state index in [-0.39, 0.29) is 17.8 Å². The molecule has 0 aliphatic carbocycles. The zero-order chi connectivity index (χ0) is 19.0. The van der Waals surface area contributed by atoms with Gasteiger partial charge in [-0.15, -0.1) is 0 Å². The van der Waals surface area contributed by atoms with Crippen molar-refractivity contribution in [2.45, 2.75) is 38.7 Å². The van der Waals surface area contributed by atoms with Crippen molar-refractivity contribution in [1.82, 2.24) is 0 Å². The van der Waals surface area contributed by atoms with E-state index in [9.17, 15) is 4.79 Å². The average Bonchev–Trinajstić information content (AvgIpc) is 2.68. The zero-order valence-electron chi connectivity index (χ0n) is 15.9. The first kappa shape index (κ1) is 17.7. The fraction of sp³-hybridized carbons (Fsp3) is 0.409. The van der Waals surface area contributed by atoms with Gasteiger partial charge in [-0.1, -0.05) is 19.4 Å². The summed E-state index contributed by atoms with van der Waals surface area (Å²) in [5.74, 6) is 2.46. The molecule has 2 aromatic rings. The lowest BCUT2D eigenvalue weighted by Crippen LogP contribution is -2.34. The lowest BCUT2D eigenvalue weighted by Gasteiger charge is -2.32. The Kier molecular flexibility index (Phi) is 4.68. The van der Waals surface area contributed by atoms with E-state index in [1.54, 1.807) is 7.11 Å². The smallest absolute Gasteiger partial charge is 0.177 e. The third-order valence-corrected chi connectivity index (χ3v) is 5.16. The zero-order valence-corrected chi connectivity index (χ0v) is 15.9. The number of carbonyl (C=O) groups excluding carboxylic acids is 1. The summed E-state index contributed by atoms with van der Waals surface area (Å²) in [6, 6.07) is 9.47. The van der Waals surface area contributed by atoms with Gasteiger partial charge in [-0.2, -0.15) is 0 Å². The summed E-state index contributed by atoms with van der Waals surface area (Å²) in [5.41, 5.74) is 2.54. The summed E-state index contributed by atoms with van der Waals surface area (Å²) in [5, 5.41) is 0. The molecule has 0 unspecified atom stereocenters. The third kappa shape index (κ3) is 3.11. The molecule has 0 saturated heterocycles. The van der Waals surface area contributed by atoms with E-state index in [0.717, 1.165) is 35.5 Å². The molecule has 27 heavy (non-hydrogen) atoms. The van der Waals surface area contributed by atoms with Crippen molar-refractivity contribution >= 4 is 5.78 Å². The van der Waals surface area contributed by atoms with Gasteiger partial charge in [0, 0.05) is 6.07 Å². The van der Waals surface area contributed by atoms with Crippen LogP contribution in [0.1, 0.15) is 47.7 Å². The predicted molar refractivity (Wildman–Crippen MR) is 102 cm³/mol. The average molecular weight is 368 g/mol. The van der Waals surface area contributed by atoms with Crippen LogP contribution in [-0.4, -0.2) is 32.2 Å². The van der Waals surface area contributed by atoms with Crippen LogP contribution >= 0.6 is 0 Å². The SMILES string of the molecule is CCCc1cc2c(cc1OC)O[C@H](C)[C@H](c1ccc3c(c1)OCCO3)C2=O. The molecule has 2 heterocycles. The van der Waals surface area contributed by atoms with Crippen molar-refractivity contribution in [3.63, 3.8) is 0 Å². The molecule has 0 radical (unpaired) electrons. The van der Waals surface area contributed by atoms with Gasteiger partial charge in [-0.25, -0.2) is 0 Å². The molecule has 2 aliphatic heterocycles. The maximum absolute atomic E-state index is 13.4. The van der Waals surface area contributed by atoms with Gasteiger partial charge in [0.15, 0.2) is 17.3 Å². The Morgan fingerprint density at radius 1 is 1.07 bits per heavy atom. The molecule has 2 aromatic carbocycles. The second-order valence-corrected chi connectivity index (χ2v) is 6.98. The van der Waals surface area contributed by atoms with Crippen molar-refractivity contribution in [2.75, 3.05) is 20.3 Å². The highest BCUT2D eigenvalue weighted by Gasteiger charge is 2.37. The van der Waals surface area contributed by atoms with Crippen molar-refractivity contribution in [2.24, 2.45) is 0 Å². The fourth-order valence-corrected chi connectivity index (χ4v) is 3.88. The number of aryl methyl sites for hydroxylation is 1. The number of ketones is 1. The highest BCUT2D eigenvalue weighted by atomic mass is 16.6. The van der Waals surface area contributed by atoms with Gasteiger partial charge in [0.2, 0.25) is 0 Å². The molecule has 0 spiro atoms. The lowest BCUT2D eigenvalue weighted by molar-refractivity contribution is 0.0809. The van der Waals surface area contributed by atoms with E-state index in [0.29, 0.717) is 30.3 Å². The van der Waals surface area contributed by atoms with Gasteiger partial charge in [0.25, 0.3) is 0 Å². The van der Waals surface area contributed by atoms with Crippen molar-refractivity contribution in [3.8, 4) is 23.0 Å². The molecule has 0 N–H and O–H groups in total. The molecular formula is C22H24O5. The minimum Gasteiger partial charge on any atom is -0.496 e. The standard InChI is InChI=1S/C22H24O5/c1-4-5-14-10-16-19(12-18(14)24-3)27-13(2)21(22(16)23)15-6-7-17-20(11-15)26-9-8-25-17/h6-7,10-13,21H,4-5,8-9H2,1-3H3/t13-,21-/m1/s1. The van der Waals surface area contributed by atoms with Crippen LogP contribution in [-0.2, 0) is 6.42 Å². The molecule has 5 nitrogen and oxygen atoms in total. The molecule has 0 amide bonds.